The van der Waals surface area contributed by atoms with Gasteiger partial charge in [-0.3, -0.25) is 41.8 Å². The fourth-order valence-electron chi connectivity index (χ4n) is 5.14. The largest absolute Gasteiger partial charge is 0.504 e. The quantitative estimate of drug-likeness (QED) is 0.112. The third-order valence-electron chi connectivity index (χ3n) is 8.27. The average Bonchev–Trinajstić information content (AvgIpc) is 3.85. The summed E-state index contributed by atoms with van der Waals surface area (Å²) in [7, 11) is 14.3. The van der Waals surface area contributed by atoms with E-state index < -0.39 is 23.2 Å². The number of imidazole rings is 3. The number of hydrogen-bond acceptors (Lipinski definition) is 13. The Hall–Kier alpha value is -7.70. The molecule has 0 aliphatic carbocycles. The van der Waals surface area contributed by atoms with E-state index in [1.165, 1.54) is 53.8 Å². The third-order valence-corrected chi connectivity index (χ3v) is 8.27. The second kappa shape index (κ2) is 21.2. The Balaban J connectivity index is -0.000000700. The van der Waals surface area contributed by atoms with Gasteiger partial charge in [-0.1, -0.05) is 0 Å². The van der Waals surface area contributed by atoms with Crippen LogP contribution in [0, 0.1) is 0 Å². The van der Waals surface area contributed by atoms with Crippen molar-refractivity contribution in [1.29, 1.82) is 0 Å². The van der Waals surface area contributed by atoms with Crippen molar-refractivity contribution < 1.29 is 58.1 Å². The number of hydrogen-bond donors (Lipinski definition) is 4. The van der Waals surface area contributed by atoms with Gasteiger partial charge >= 0.3 is 23.0 Å². The van der Waals surface area contributed by atoms with E-state index in [2.05, 4.69) is 15.0 Å². The molecular weight excluding hydrogens is 812 g/mol. The van der Waals surface area contributed by atoms with Crippen LogP contribution in [0.15, 0.2) is 59.9 Å². The predicted octanol–water partition coefficient (Wildman–Crippen LogP) is -7.53. The molecule has 7 aromatic rings. The molecule has 6 heterocycles. The molecule has 0 radical (unpaired) electrons. The van der Waals surface area contributed by atoms with E-state index in [0.29, 0.717) is 33.5 Å². The molecule has 0 saturated carbocycles. The number of aromatic carboxylic acids is 1. The minimum atomic E-state index is -1.29. The van der Waals surface area contributed by atoms with E-state index in [0.717, 1.165) is 25.8 Å². The van der Waals surface area contributed by atoms with Gasteiger partial charge in [0.1, 0.15) is 0 Å². The molecule has 0 unspecified atom stereocenters. The van der Waals surface area contributed by atoms with E-state index in [9.17, 15) is 33.6 Å². The number of carboxylic acids is 1. The van der Waals surface area contributed by atoms with E-state index in [-0.39, 0.29) is 72.2 Å². The van der Waals surface area contributed by atoms with E-state index in [1.54, 1.807) is 56.0 Å². The number of aromatic hydroxyl groups is 3. The molecule has 60 heavy (non-hydrogen) atoms. The summed E-state index contributed by atoms with van der Waals surface area (Å²) in [6.07, 6.45) is 4.56. The molecule has 16 N–H and O–H groups in total. The highest BCUT2D eigenvalue weighted by atomic mass is 16.4. The van der Waals surface area contributed by atoms with Crippen LogP contribution in [0.2, 0.25) is 0 Å². The summed E-state index contributed by atoms with van der Waals surface area (Å²) in [6.45, 7) is 0. The molecule has 0 bridgehead atoms. The molecule has 0 fully saturated rings. The SMILES string of the molecule is Cn1c(=O)c2c(ncn2C)n(C)c1=O.Cn1c(=O)c2c(ncn2C)n(C)c1=O.Cn1c(=O)c2c(ncn2C)n(C)c1=O.O.O.O.O.O.O.O=C(O)c1cc(O)c(O)c(O)c1. The van der Waals surface area contributed by atoms with Crippen LogP contribution in [-0.4, -0.2) is 115 Å². The molecule has 0 saturated heterocycles. The number of rotatable bonds is 1. The Morgan fingerprint density at radius 1 is 0.450 bits per heavy atom. The summed E-state index contributed by atoms with van der Waals surface area (Å²) >= 11 is 0. The lowest BCUT2D eigenvalue weighted by Gasteiger charge is -2.02. The van der Waals surface area contributed by atoms with Crippen LogP contribution in [0.5, 0.6) is 17.2 Å². The zero-order chi connectivity index (χ0) is 40.7. The second-order valence-electron chi connectivity index (χ2n) is 11.9. The number of phenolic OH excluding ortho intramolecular Hbond substituents is 3. The van der Waals surface area contributed by atoms with Crippen molar-refractivity contribution in [3.8, 4) is 17.2 Å². The topological polar surface area (TPSA) is 472 Å². The molecular formula is C31H48N12O17. The lowest BCUT2D eigenvalue weighted by molar-refractivity contribution is 0.0695. The molecule has 0 amide bonds. The molecule has 7 rings (SSSR count). The standard InChI is InChI=1S/3C8H10N4O2.C7H6O5.6H2O/c3*1-10-4-9-6-5(10)7(13)12(3)8(14)11(6)2;8-4-1-3(7(11)12)2-5(9)6(4)10;;;;;;/h3*4H,1-3H3;1-2,8-10H,(H,11,12);6*1H2. The number of phenols is 3. The van der Waals surface area contributed by atoms with Gasteiger partial charge < -0.3 is 67.0 Å². The van der Waals surface area contributed by atoms with Gasteiger partial charge in [-0.15, -0.1) is 0 Å². The van der Waals surface area contributed by atoms with Crippen molar-refractivity contribution in [3.05, 3.63) is 99.2 Å². The zero-order valence-corrected chi connectivity index (χ0v) is 33.4. The molecule has 0 aliphatic rings. The highest BCUT2D eigenvalue weighted by Crippen LogP contribution is 2.35. The molecule has 29 nitrogen and oxygen atoms in total. The van der Waals surface area contributed by atoms with Crippen molar-refractivity contribution in [2.45, 2.75) is 0 Å². The number of aromatic nitrogens is 12. The van der Waals surface area contributed by atoms with E-state index in [4.69, 9.17) is 20.4 Å². The second-order valence-corrected chi connectivity index (χ2v) is 11.9. The van der Waals surface area contributed by atoms with Crippen molar-refractivity contribution in [2.24, 2.45) is 63.4 Å². The molecule has 6 aromatic heterocycles. The Bertz CT molecular complexity index is 2700. The number of carboxylic acid groups (broad SMARTS) is 1. The molecule has 0 spiro atoms. The average molecular weight is 861 g/mol. The number of fused-ring (bicyclic) bond motifs is 3. The van der Waals surface area contributed by atoms with Gasteiger partial charge in [0.2, 0.25) is 0 Å². The summed E-state index contributed by atoms with van der Waals surface area (Å²) in [5.41, 5.74) is 0.251. The molecule has 0 aliphatic heterocycles. The smallest absolute Gasteiger partial charge is 0.335 e. The van der Waals surface area contributed by atoms with Gasteiger partial charge in [0.05, 0.1) is 24.5 Å². The first kappa shape index (κ1) is 56.6. The van der Waals surface area contributed by atoms with E-state index >= 15 is 0 Å². The lowest BCUT2D eigenvalue weighted by Crippen LogP contribution is -2.37. The maximum absolute atomic E-state index is 11.7. The Morgan fingerprint density at radius 3 is 0.900 bits per heavy atom. The van der Waals surface area contributed by atoms with Gasteiger partial charge in [-0.25, -0.2) is 34.1 Å². The minimum absolute atomic E-state index is 0. The van der Waals surface area contributed by atoms with Crippen molar-refractivity contribution in [1.82, 2.24) is 56.1 Å². The highest BCUT2D eigenvalue weighted by Gasteiger charge is 2.14. The van der Waals surface area contributed by atoms with Crippen LogP contribution in [-0.2, 0) is 63.4 Å². The van der Waals surface area contributed by atoms with Crippen LogP contribution in [0.3, 0.4) is 0 Å². The summed E-state index contributed by atoms with van der Waals surface area (Å²) < 4.78 is 12.1. The maximum atomic E-state index is 11.7. The molecule has 334 valence electrons. The van der Waals surface area contributed by atoms with Crippen molar-refractivity contribution in [3.63, 3.8) is 0 Å². The minimum Gasteiger partial charge on any atom is -0.504 e. The normalized spacial score (nSPS) is 9.68. The predicted molar refractivity (Wildman–Crippen MR) is 214 cm³/mol. The fourth-order valence-corrected chi connectivity index (χ4v) is 5.14. The van der Waals surface area contributed by atoms with Crippen molar-refractivity contribution in [2.75, 3.05) is 0 Å². The summed E-state index contributed by atoms with van der Waals surface area (Å²) in [6, 6.07) is 1.69. The van der Waals surface area contributed by atoms with Gasteiger partial charge in [-0.05, 0) is 12.1 Å². The van der Waals surface area contributed by atoms with E-state index in [1.807, 2.05) is 0 Å². The summed E-state index contributed by atoms with van der Waals surface area (Å²) in [4.78, 5) is 91.8. The van der Waals surface area contributed by atoms with Crippen LogP contribution in [0.25, 0.3) is 33.5 Å². The first-order chi connectivity index (χ1) is 25.1. The molecule has 0 atom stereocenters. The fraction of sp³-hybridized carbons (Fsp3) is 0.290. The molecule has 1 aromatic carbocycles. The first-order valence-corrected chi connectivity index (χ1v) is 15.3. The van der Waals surface area contributed by atoms with Crippen LogP contribution in [0.4, 0.5) is 0 Å². The number of benzene rings is 1. The zero-order valence-electron chi connectivity index (χ0n) is 33.4. The Labute approximate surface area is 333 Å². The Morgan fingerprint density at radius 2 is 0.683 bits per heavy atom. The van der Waals surface area contributed by atoms with Gasteiger partial charge in [0, 0.05) is 63.4 Å². The van der Waals surface area contributed by atoms with Crippen LogP contribution < -0.4 is 33.7 Å². The third kappa shape index (κ3) is 9.87. The maximum Gasteiger partial charge on any atom is 0.335 e. The first-order valence-electron chi connectivity index (χ1n) is 15.3. The monoisotopic (exact) mass is 860 g/mol. The number of nitrogens with zero attached hydrogens (tertiary/aromatic N) is 12. The highest BCUT2D eigenvalue weighted by molar-refractivity contribution is 5.89. The Kier molecular flexibility index (Phi) is 20.0. The van der Waals surface area contributed by atoms with Gasteiger partial charge in [-0.2, -0.15) is 0 Å². The lowest BCUT2D eigenvalue weighted by atomic mass is 10.2. The molecule has 29 heteroatoms. The summed E-state index contributed by atoms with van der Waals surface area (Å²) in [5, 5.41) is 35.0. The van der Waals surface area contributed by atoms with Gasteiger partial charge in [0.25, 0.3) is 16.7 Å². The number of carbonyl (C=O) groups is 1. The van der Waals surface area contributed by atoms with Gasteiger partial charge in [0.15, 0.2) is 50.7 Å². The number of aryl methyl sites for hydroxylation is 6. The van der Waals surface area contributed by atoms with Crippen molar-refractivity contribution >= 4 is 39.5 Å². The van der Waals surface area contributed by atoms with Crippen LogP contribution >= 0.6 is 0 Å². The summed E-state index contributed by atoms with van der Waals surface area (Å²) in [5.74, 6) is -3.33. The van der Waals surface area contributed by atoms with Crippen LogP contribution in [0.1, 0.15) is 10.4 Å².